The summed E-state index contributed by atoms with van der Waals surface area (Å²) in [4.78, 5) is 11.8. The van der Waals surface area contributed by atoms with Gasteiger partial charge in [-0.05, 0) is 29.8 Å². The summed E-state index contributed by atoms with van der Waals surface area (Å²) in [5.74, 6) is -0.00528. The van der Waals surface area contributed by atoms with Crippen molar-refractivity contribution in [2.24, 2.45) is 7.05 Å². The fourth-order valence-corrected chi connectivity index (χ4v) is 2.02. The van der Waals surface area contributed by atoms with Gasteiger partial charge >= 0.3 is 0 Å². The number of rotatable bonds is 3. The van der Waals surface area contributed by atoms with Crippen molar-refractivity contribution in [3.63, 3.8) is 0 Å². The van der Waals surface area contributed by atoms with Gasteiger partial charge in [-0.15, -0.1) is 0 Å². The summed E-state index contributed by atoms with van der Waals surface area (Å²) < 4.78 is 2.89. The molecule has 1 amide bonds. The molecule has 0 radical (unpaired) electrons. The second kappa shape index (κ2) is 5.19. The summed E-state index contributed by atoms with van der Waals surface area (Å²) in [6, 6.07) is 9.51. The minimum absolute atomic E-state index is 0.00528. The van der Waals surface area contributed by atoms with E-state index in [0.717, 1.165) is 15.7 Å². The Morgan fingerprint density at radius 1 is 1.41 bits per heavy atom. The van der Waals surface area contributed by atoms with E-state index in [1.807, 2.05) is 54.3 Å². The van der Waals surface area contributed by atoms with Crippen LogP contribution < -0.4 is 5.32 Å². The number of carbonyl (C=O) groups excluding carboxylic acids is 1. The molecule has 1 aromatic carbocycles. The first-order chi connectivity index (χ1) is 8.13. The van der Waals surface area contributed by atoms with Crippen molar-refractivity contribution in [1.29, 1.82) is 0 Å². The van der Waals surface area contributed by atoms with Crippen molar-refractivity contribution in [1.82, 2.24) is 4.57 Å². The summed E-state index contributed by atoms with van der Waals surface area (Å²) in [5.41, 5.74) is 1.82. The van der Waals surface area contributed by atoms with Crippen LogP contribution >= 0.6 is 15.9 Å². The average molecular weight is 293 g/mol. The highest BCUT2D eigenvalue weighted by Gasteiger charge is 2.05. The maximum absolute atomic E-state index is 11.8. The van der Waals surface area contributed by atoms with Gasteiger partial charge in [-0.1, -0.05) is 22.0 Å². The van der Waals surface area contributed by atoms with E-state index in [-0.39, 0.29) is 5.91 Å². The Kier molecular flexibility index (Phi) is 3.64. The highest BCUT2D eigenvalue weighted by molar-refractivity contribution is 9.10. The Balaban J connectivity index is 1.98. The molecule has 3 nitrogen and oxygen atoms in total. The van der Waals surface area contributed by atoms with Crippen molar-refractivity contribution >= 4 is 27.5 Å². The van der Waals surface area contributed by atoms with Crippen LogP contribution in [0.15, 0.2) is 47.2 Å². The lowest BCUT2D eigenvalue weighted by molar-refractivity contribution is -0.115. The zero-order valence-electron chi connectivity index (χ0n) is 9.48. The predicted molar refractivity (Wildman–Crippen MR) is 71.9 cm³/mol. The third-order valence-electron chi connectivity index (χ3n) is 2.37. The number of aryl methyl sites for hydroxylation is 1. The van der Waals surface area contributed by atoms with Crippen molar-refractivity contribution in [3.05, 3.63) is 52.8 Å². The molecule has 1 heterocycles. The van der Waals surface area contributed by atoms with Crippen molar-refractivity contribution in [2.45, 2.75) is 6.42 Å². The van der Waals surface area contributed by atoms with Gasteiger partial charge in [0.15, 0.2) is 0 Å². The minimum Gasteiger partial charge on any atom is -0.357 e. The first-order valence-corrected chi connectivity index (χ1v) is 6.09. The Morgan fingerprint density at radius 3 is 2.88 bits per heavy atom. The fourth-order valence-electron chi connectivity index (χ4n) is 1.62. The third kappa shape index (κ3) is 3.46. The van der Waals surface area contributed by atoms with Gasteiger partial charge in [-0.2, -0.15) is 0 Å². The molecular formula is C13H13BrN2O. The van der Waals surface area contributed by atoms with Crippen LogP contribution in [0.25, 0.3) is 0 Å². The van der Waals surface area contributed by atoms with E-state index < -0.39 is 0 Å². The molecular weight excluding hydrogens is 280 g/mol. The smallest absolute Gasteiger partial charge is 0.228 e. The van der Waals surface area contributed by atoms with Gasteiger partial charge in [-0.3, -0.25) is 4.79 Å². The molecule has 88 valence electrons. The first-order valence-electron chi connectivity index (χ1n) is 5.30. The minimum atomic E-state index is -0.00528. The van der Waals surface area contributed by atoms with Crippen LogP contribution in [0.2, 0.25) is 0 Å². The second-order valence-electron chi connectivity index (χ2n) is 3.92. The van der Waals surface area contributed by atoms with Crippen LogP contribution in [0.1, 0.15) is 5.56 Å². The molecule has 0 aliphatic carbocycles. The molecule has 1 aromatic heterocycles. The molecule has 1 N–H and O–H groups in total. The van der Waals surface area contributed by atoms with Crippen LogP contribution in [0.4, 0.5) is 5.69 Å². The van der Waals surface area contributed by atoms with Crippen molar-refractivity contribution in [3.8, 4) is 0 Å². The van der Waals surface area contributed by atoms with Gasteiger partial charge in [-0.25, -0.2) is 0 Å². The zero-order chi connectivity index (χ0) is 12.3. The molecule has 0 saturated heterocycles. The Hall–Kier alpha value is -1.55. The van der Waals surface area contributed by atoms with Gasteiger partial charge in [0.1, 0.15) is 0 Å². The zero-order valence-corrected chi connectivity index (χ0v) is 11.1. The van der Waals surface area contributed by atoms with E-state index in [0.29, 0.717) is 6.42 Å². The molecule has 0 atom stereocenters. The number of amides is 1. The van der Waals surface area contributed by atoms with E-state index in [9.17, 15) is 4.79 Å². The lowest BCUT2D eigenvalue weighted by Crippen LogP contribution is -2.13. The summed E-state index contributed by atoms with van der Waals surface area (Å²) in [5, 5.41) is 2.86. The van der Waals surface area contributed by atoms with Crippen LogP contribution in [-0.2, 0) is 18.3 Å². The summed E-state index contributed by atoms with van der Waals surface area (Å²) in [6.45, 7) is 0. The number of benzene rings is 1. The monoisotopic (exact) mass is 292 g/mol. The molecule has 17 heavy (non-hydrogen) atoms. The molecule has 4 heteroatoms. The number of hydrogen-bond donors (Lipinski definition) is 1. The standard InChI is InChI=1S/C13H13BrN2O/c1-16-6-5-10(9-16)7-13(17)15-12-4-2-3-11(14)8-12/h2-6,8-9H,7H2,1H3,(H,15,17). The topological polar surface area (TPSA) is 34.0 Å². The number of nitrogens with one attached hydrogen (secondary N) is 1. The molecule has 0 aliphatic heterocycles. The average Bonchev–Trinajstić information content (AvgIpc) is 2.63. The molecule has 0 bridgehead atoms. The number of anilines is 1. The van der Waals surface area contributed by atoms with Crippen LogP contribution in [0, 0.1) is 0 Å². The van der Waals surface area contributed by atoms with E-state index >= 15 is 0 Å². The molecule has 0 spiro atoms. The molecule has 0 aliphatic rings. The molecule has 0 unspecified atom stereocenters. The molecule has 0 saturated carbocycles. The van der Waals surface area contributed by atoms with E-state index in [4.69, 9.17) is 0 Å². The number of hydrogen-bond acceptors (Lipinski definition) is 1. The SMILES string of the molecule is Cn1ccc(CC(=O)Nc2cccc(Br)c2)c1. The largest absolute Gasteiger partial charge is 0.357 e. The maximum atomic E-state index is 11.8. The van der Waals surface area contributed by atoms with Gasteiger partial charge in [0, 0.05) is 29.6 Å². The lowest BCUT2D eigenvalue weighted by atomic mass is 10.2. The van der Waals surface area contributed by atoms with E-state index in [1.165, 1.54) is 0 Å². The van der Waals surface area contributed by atoms with Gasteiger partial charge in [0.05, 0.1) is 6.42 Å². The second-order valence-corrected chi connectivity index (χ2v) is 4.84. The summed E-state index contributed by atoms with van der Waals surface area (Å²) in [6.07, 6.45) is 4.27. The van der Waals surface area contributed by atoms with E-state index in [2.05, 4.69) is 21.2 Å². The number of nitrogens with zero attached hydrogens (tertiary/aromatic N) is 1. The summed E-state index contributed by atoms with van der Waals surface area (Å²) >= 11 is 3.37. The Bertz CT molecular complexity index is 534. The number of carbonyl (C=O) groups is 1. The van der Waals surface area contributed by atoms with Crippen molar-refractivity contribution in [2.75, 3.05) is 5.32 Å². The van der Waals surface area contributed by atoms with Gasteiger partial charge in [0.25, 0.3) is 0 Å². The maximum Gasteiger partial charge on any atom is 0.228 e. The highest BCUT2D eigenvalue weighted by Crippen LogP contribution is 2.15. The first kappa shape index (κ1) is 11.9. The Morgan fingerprint density at radius 2 is 2.24 bits per heavy atom. The van der Waals surface area contributed by atoms with Crippen molar-refractivity contribution < 1.29 is 4.79 Å². The third-order valence-corrected chi connectivity index (χ3v) is 2.86. The fraction of sp³-hybridized carbons (Fsp3) is 0.154. The molecule has 2 aromatic rings. The molecule has 2 rings (SSSR count). The molecule has 0 fully saturated rings. The van der Waals surface area contributed by atoms with Gasteiger partial charge in [0.2, 0.25) is 5.91 Å². The van der Waals surface area contributed by atoms with Gasteiger partial charge < -0.3 is 9.88 Å². The normalized spacial score (nSPS) is 10.2. The number of halogens is 1. The Labute approximate surface area is 109 Å². The van der Waals surface area contributed by atoms with Crippen LogP contribution in [0.5, 0.6) is 0 Å². The quantitative estimate of drug-likeness (QED) is 0.927. The lowest BCUT2D eigenvalue weighted by Gasteiger charge is -2.04. The summed E-state index contributed by atoms with van der Waals surface area (Å²) in [7, 11) is 1.94. The highest BCUT2D eigenvalue weighted by atomic mass is 79.9. The number of aromatic nitrogens is 1. The van der Waals surface area contributed by atoms with Crippen LogP contribution in [-0.4, -0.2) is 10.5 Å². The van der Waals surface area contributed by atoms with Crippen LogP contribution in [0.3, 0.4) is 0 Å². The predicted octanol–water partition coefficient (Wildman–Crippen LogP) is 2.97. The van der Waals surface area contributed by atoms with E-state index in [1.54, 1.807) is 0 Å².